The first-order valence-electron chi connectivity index (χ1n) is 6.02. The summed E-state index contributed by atoms with van der Waals surface area (Å²) in [6.07, 6.45) is 3.15. The van der Waals surface area contributed by atoms with Gasteiger partial charge in [-0.25, -0.2) is 4.98 Å². The largest absolute Gasteiger partial charge is 0.366 e. The van der Waals surface area contributed by atoms with Crippen molar-refractivity contribution in [1.82, 2.24) is 9.55 Å². The minimum Gasteiger partial charge on any atom is -0.366 e. The highest BCUT2D eigenvalue weighted by molar-refractivity contribution is 7.99. The zero-order valence-corrected chi connectivity index (χ0v) is 11.1. The number of thioether (sulfide) groups is 1. The standard InChI is InChI=1S/C14H13N3OS/c15-12(18)7-6-11-13(10-4-2-1-3-5-10)16-14-17(11)8-9-19-14/h1-7H,8-9H2,(H2,15,18)/b7-6+. The first-order valence-corrected chi connectivity index (χ1v) is 7.00. The molecule has 0 fully saturated rings. The molecule has 2 N–H and O–H groups in total. The number of rotatable bonds is 3. The third-order valence-corrected chi connectivity index (χ3v) is 3.93. The van der Waals surface area contributed by atoms with E-state index in [9.17, 15) is 4.79 Å². The third kappa shape index (κ3) is 2.29. The summed E-state index contributed by atoms with van der Waals surface area (Å²) in [4.78, 5) is 15.6. The molecule has 1 aliphatic heterocycles. The Kier molecular flexibility index (Phi) is 3.13. The fourth-order valence-corrected chi connectivity index (χ4v) is 3.09. The molecule has 0 radical (unpaired) electrons. The molecule has 0 unspecified atom stereocenters. The zero-order chi connectivity index (χ0) is 13.2. The maximum absolute atomic E-state index is 10.9. The van der Waals surface area contributed by atoms with E-state index < -0.39 is 5.91 Å². The second-order valence-corrected chi connectivity index (χ2v) is 5.29. The van der Waals surface area contributed by atoms with Crippen LogP contribution in [0.5, 0.6) is 0 Å². The second kappa shape index (κ2) is 4.93. The van der Waals surface area contributed by atoms with Gasteiger partial charge in [0, 0.05) is 23.9 Å². The Morgan fingerprint density at radius 3 is 2.89 bits per heavy atom. The third-order valence-electron chi connectivity index (χ3n) is 2.97. The lowest BCUT2D eigenvalue weighted by atomic mass is 10.1. The van der Waals surface area contributed by atoms with E-state index >= 15 is 0 Å². The van der Waals surface area contributed by atoms with Crippen molar-refractivity contribution < 1.29 is 4.79 Å². The molecule has 0 bridgehead atoms. The summed E-state index contributed by atoms with van der Waals surface area (Å²) in [7, 11) is 0. The highest BCUT2D eigenvalue weighted by atomic mass is 32.2. The molecule has 0 spiro atoms. The van der Waals surface area contributed by atoms with Crippen LogP contribution in [0.25, 0.3) is 17.3 Å². The van der Waals surface area contributed by atoms with Crippen molar-refractivity contribution in [2.45, 2.75) is 11.7 Å². The van der Waals surface area contributed by atoms with Crippen LogP contribution in [0, 0.1) is 0 Å². The molecule has 5 heteroatoms. The van der Waals surface area contributed by atoms with Gasteiger partial charge >= 0.3 is 0 Å². The van der Waals surface area contributed by atoms with Crippen LogP contribution in [-0.2, 0) is 11.3 Å². The fourth-order valence-electron chi connectivity index (χ4n) is 2.14. The average molecular weight is 271 g/mol. The van der Waals surface area contributed by atoms with Crippen molar-refractivity contribution in [3.8, 4) is 11.3 Å². The van der Waals surface area contributed by atoms with Crippen molar-refractivity contribution in [3.05, 3.63) is 42.1 Å². The van der Waals surface area contributed by atoms with Crippen LogP contribution in [0.4, 0.5) is 0 Å². The van der Waals surface area contributed by atoms with E-state index in [1.165, 1.54) is 6.08 Å². The number of benzene rings is 1. The van der Waals surface area contributed by atoms with Crippen LogP contribution < -0.4 is 5.73 Å². The number of hydrogen-bond acceptors (Lipinski definition) is 3. The van der Waals surface area contributed by atoms with E-state index in [1.807, 2.05) is 30.3 Å². The smallest absolute Gasteiger partial charge is 0.241 e. The molecule has 1 amide bonds. The van der Waals surface area contributed by atoms with E-state index in [0.717, 1.165) is 34.4 Å². The summed E-state index contributed by atoms with van der Waals surface area (Å²) in [6, 6.07) is 9.97. The molecule has 1 aromatic carbocycles. The van der Waals surface area contributed by atoms with Gasteiger partial charge in [0.15, 0.2) is 5.16 Å². The van der Waals surface area contributed by atoms with Gasteiger partial charge in [0.1, 0.15) is 0 Å². The molecule has 1 aromatic heterocycles. The maximum Gasteiger partial charge on any atom is 0.241 e. The van der Waals surface area contributed by atoms with Gasteiger partial charge in [-0.1, -0.05) is 42.1 Å². The van der Waals surface area contributed by atoms with E-state index in [4.69, 9.17) is 5.73 Å². The van der Waals surface area contributed by atoms with Gasteiger partial charge < -0.3 is 10.3 Å². The van der Waals surface area contributed by atoms with Gasteiger partial charge in [-0.05, 0) is 6.08 Å². The number of amides is 1. The van der Waals surface area contributed by atoms with E-state index in [-0.39, 0.29) is 0 Å². The molecule has 3 rings (SSSR count). The minimum absolute atomic E-state index is 0.444. The molecule has 0 saturated heterocycles. The molecule has 2 heterocycles. The van der Waals surface area contributed by atoms with Crippen molar-refractivity contribution in [2.75, 3.05) is 5.75 Å². The first-order chi connectivity index (χ1) is 9.25. The number of aromatic nitrogens is 2. The van der Waals surface area contributed by atoms with Gasteiger partial charge in [-0.15, -0.1) is 0 Å². The van der Waals surface area contributed by atoms with E-state index in [1.54, 1.807) is 17.8 Å². The Balaban J connectivity index is 2.12. The number of carbonyl (C=O) groups excluding carboxylic acids is 1. The molecule has 0 aliphatic carbocycles. The molecule has 0 saturated carbocycles. The summed E-state index contributed by atoms with van der Waals surface area (Å²) in [5.74, 6) is 0.578. The van der Waals surface area contributed by atoms with Crippen LogP contribution in [0.1, 0.15) is 5.69 Å². The lowest BCUT2D eigenvalue weighted by molar-refractivity contribution is -0.113. The number of imidazole rings is 1. The van der Waals surface area contributed by atoms with E-state index in [2.05, 4.69) is 9.55 Å². The fraction of sp³-hybridized carbons (Fsp3) is 0.143. The van der Waals surface area contributed by atoms with E-state index in [0.29, 0.717) is 0 Å². The molecular formula is C14H13N3OS. The maximum atomic E-state index is 10.9. The number of nitrogens with zero attached hydrogens (tertiary/aromatic N) is 2. The highest BCUT2D eigenvalue weighted by Crippen LogP contribution is 2.33. The molecule has 4 nitrogen and oxygen atoms in total. The number of carbonyl (C=O) groups is 1. The molecular weight excluding hydrogens is 258 g/mol. The SMILES string of the molecule is NC(=O)/C=C/c1c(-c2ccccc2)nc2n1CCS2. The monoisotopic (exact) mass is 271 g/mol. The predicted molar refractivity (Wildman–Crippen MR) is 76.6 cm³/mol. The van der Waals surface area contributed by atoms with Crippen LogP contribution in [-0.4, -0.2) is 21.2 Å². The van der Waals surface area contributed by atoms with Gasteiger partial charge in [0.25, 0.3) is 0 Å². The highest BCUT2D eigenvalue weighted by Gasteiger charge is 2.20. The Morgan fingerprint density at radius 2 is 2.16 bits per heavy atom. The molecule has 19 heavy (non-hydrogen) atoms. The lowest BCUT2D eigenvalue weighted by Gasteiger charge is -2.02. The molecule has 0 atom stereocenters. The van der Waals surface area contributed by atoms with Gasteiger partial charge in [-0.2, -0.15) is 0 Å². The van der Waals surface area contributed by atoms with Crippen LogP contribution in [0.2, 0.25) is 0 Å². The number of nitrogens with two attached hydrogens (primary N) is 1. The van der Waals surface area contributed by atoms with Crippen LogP contribution in [0.3, 0.4) is 0 Å². The molecule has 1 aliphatic rings. The topological polar surface area (TPSA) is 60.9 Å². The number of hydrogen-bond donors (Lipinski definition) is 1. The Bertz CT molecular complexity index is 646. The summed E-state index contributed by atoms with van der Waals surface area (Å²) < 4.78 is 2.13. The second-order valence-electron chi connectivity index (χ2n) is 4.23. The van der Waals surface area contributed by atoms with Crippen molar-refractivity contribution in [3.63, 3.8) is 0 Å². The summed E-state index contributed by atoms with van der Waals surface area (Å²) in [6.45, 7) is 0.915. The van der Waals surface area contributed by atoms with Gasteiger partial charge in [-0.3, -0.25) is 4.79 Å². The summed E-state index contributed by atoms with van der Waals surface area (Å²) >= 11 is 1.73. The average Bonchev–Trinajstić information content (AvgIpc) is 2.98. The number of primary amides is 1. The Labute approximate surface area is 115 Å². The normalized spacial score (nSPS) is 13.9. The summed E-state index contributed by atoms with van der Waals surface area (Å²) in [5, 5.41) is 1.00. The van der Waals surface area contributed by atoms with Crippen molar-refractivity contribution in [1.29, 1.82) is 0 Å². The quantitative estimate of drug-likeness (QED) is 0.870. The zero-order valence-electron chi connectivity index (χ0n) is 10.2. The lowest BCUT2D eigenvalue weighted by Crippen LogP contribution is -2.06. The number of fused-ring (bicyclic) bond motifs is 1. The molecule has 2 aromatic rings. The Hall–Kier alpha value is -2.01. The minimum atomic E-state index is -0.444. The van der Waals surface area contributed by atoms with Gasteiger partial charge in [0.05, 0.1) is 11.4 Å². The summed E-state index contributed by atoms with van der Waals surface area (Å²) in [5.41, 5.74) is 8.08. The van der Waals surface area contributed by atoms with Crippen molar-refractivity contribution in [2.24, 2.45) is 5.73 Å². The van der Waals surface area contributed by atoms with Crippen LogP contribution >= 0.6 is 11.8 Å². The van der Waals surface area contributed by atoms with Crippen LogP contribution in [0.15, 0.2) is 41.6 Å². The predicted octanol–water partition coefficient (Wildman–Crippen LogP) is 2.15. The van der Waals surface area contributed by atoms with Gasteiger partial charge in [0.2, 0.25) is 5.91 Å². The van der Waals surface area contributed by atoms with Crippen molar-refractivity contribution >= 4 is 23.7 Å². The molecule has 96 valence electrons. The Morgan fingerprint density at radius 1 is 1.37 bits per heavy atom. The first kappa shape index (κ1) is 12.0.